The van der Waals surface area contributed by atoms with E-state index >= 15 is 0 Å². The predicted octanol–water partition coefficient (Wildman–Crippen LogP) is 2.67. The molecule has 1 unspecified atom stereocenters. The summed E-state index contributed by atoms with van der Waals surface area (Å²) in [5, 5.41) is 15.1. The van der Waals surface area contributed by atoms with E-state index in [1.807, 2.05) is 26.0 Å². The van der Waals surface area contributed by atoms with Gasteiger partial charge in [0.25, 0.3) is 0 Å². The van der Waals surface area contributed by atoms with Crippen LogP contribution in [0.25, 0.3) is 0 Å². The molecule has 3 N–H and O–H groups in total. The Morgan fingerprint density at radius 2 is 1.95 bits per heavy atom. The van der Waals surface area contributed by atoms with Crippen molar-refractivity contribution in [3.8, 4) is 0 Å². The maximum absolute atomic E-state index is 11.5. The van der Waals surface area contributed by atoms with E-state index in [0.29, 0.717) is 6.42 Å². The molecule has 1 rings (SSSR count). The van der Waals surface area contributed by atoms with Crippen LogP contribution in [0.1, 0.15) is 38.7 Å². The Balaban J connectivity index is 2.82. The van der Waals surface area contributed by atoms with Crippen LogP contribution < -0.4 is 5.14 Å². The lowest BCUT2D eigenvalue weighted by molar-refractivity contribution is 0.252. The van der Waals surface area contributed by atoms with Crippen molar-refractivity contribution in [2.45, 2.75) is 42.8 Å². The molecule has 1 aromatic carbocycles. The van der Waals surface area contributed by atoms with Gasteiger partial charge in [0.2, 0.25) is 0 Å². The van der Waals surface area contributed by atoms with Crippen LogP contribution in [0.5, 0.6) is 0 Å². The van der Waals surface area contributed by atoms with Gasteiger partial charge in [0, 0.05) is 17.4 Å². The molecular formula is C14H23NO2S2. The van der Waals surface area contributed by atoms with Gasteiger partial charge in [-0.3, -0.25) is 5.14 Å². The highest BCUT2D eigenvalue weighted by atomic mass is 32.2. The first-order valence-electron chi connectivity index (χ1n) is 6.40. The van der Waals surface area contributed by atoms with Crippen LogP contribution in [-0.4, -0.2) is 26.4 Å². The minimum absolute atomic E-state index is 0.0248. The highest BCUT2D eigenvalue weighted by Gasteiger charge is 2.28. The molecule has 0 saturated heterocycles. The molecule has 0 aromatic heterocycles. The number of benzene rings is 1. The summed E-state index contributed by atoms with van der Waals surface area (Å²) >= 11 is 1.79. The smallest absolute Gasteiger partial charge is 0.0945 e. The van der Waals surface area contributed by atoms with Crippen LogP contribution in [0.4, 0.5) is 0 Å². The Labute approximate surface area is 122 Å². The highest BCUT2D eigenvalue weighted by Crippen LogP contribution is 2.29. The number of thioether (sulfide) groups is 1. The first-order valence-corrected chi connectivity index (χ1v) is 8.60. The van der Waals surface area contributed by atoms with E-state index in [4.69, 9.17) is 5.14 Å². The molecule has 0 spiro atoms. The third-order valence-corrected chi connectivity index (χ3v) is 5.32. The van der Waals surface area contributed by atoms with E-state index in [9.17, 15) is 9.32 Å². The summed E-state index contributed by atoms with van der Waals surface area (Å²) in [5.74, 6) is 1.02. The second-order valence-corrected chi connectivity index (χ2v) is 8.18. The Kier molecular flexibility index (Phi) is 6.53. The van der Waals surface area contributed by atoms with Gasteiger partial charge >= 0.3 is 0 Å². The van der Waals surface area contributed by atoms with Crippen molar-refractivity contribution in [3.63, 3.8) is 0 Å². The average Bonchev–Trinajstić information content (AvgIpc) is 2.37. The lowest BCUT2D eigenvalue weighted by Gasteiger charge is -2.26. The quantitative estimate of drug-likeness (QED) is 0.761. The zero-order valence-electron chi connectivity index (χ0n) is 11.8. The highest BCUT2D eigenvalue weighted by molar-refractivity contribution is 7.99. The van der Waals surface area contributed by atoms with Crippen molar-refractivity contribution in [3.05, 3.63) is 29.8 Å². The fourth-order valence-corrected chi connectivity index (χ4v) is 2.99. The van der Waals surface area contributed by atoms with E-state index in [1.165, 1.54) is 4.90 Å². The van der Waals surface area contributed by atoms with Crippen LogP contribution in [0.3, 0.4) is 0 Å². The Hall–Kier alpha value is -0.360. The molecule has 3 nitrogen and oxygen atoms in total. The molecule has 0 saturated carbocycles. The molecule has 0 radical (unpaired) electrons. The van der Waals surface area contributed by atoms with Crippen LogP contribution in [-0.2, 0) is 11.0 Å². The monoisotopic (exact) mass is 301 g/mol. The minimum atomic E-state index is -1.39. The lowest BCUT2D eigenvalue weighted by Crippen LogP contribution is -2.34. The summed E-state index contributed by atoms with van der Waals surface area (Å²) in [4.78, 5) is 1.23. The van der Waals surface area contributed by atoms with Crippen LogP contribution >= 0.6 is 11.8 Å². The van der Waals surface area contributed by atoms with Gasteiger partial charge in [-0.1, -0.05) is 19.1 Å². The number of hydrogen-bond donors (Lipinski definition) is 2. The molecule has 0 amide bonds. The number of rotatable bonds is 7. The van der Waals surface area contributed by atoms with Gasteiger partial charge in [0.1, 0.15) is 0 Å². The van der Waals surface area contributed by atoms with Crippen LogP contribution in [0.15, 0.2) is 29.2 Å². The SMILES string of the molecule is CCSc1ccc([C@H](CO)CC(C)(C)S(N)=O)cc1. The molecule has 2 atom stereocenters. The maximum Gasteiger partial charge on any atom is 0.0945 e. The zero-order chi connectivity index (χ0) is 14.5. The van der Waals surface area contributed by atoms with E-state index < -0.39 is 15.7 Å². The summed E-state index contributed by atoms with van der Waals surface area (Å²) in [6.07, 6.45) is 0.604. The molecule has 0 bridgehead atoms. The van der Waals surface area contributed by atoms with Gasteiger partial charge in [-0.05, 0) is 43.7 Å². The largest absolute Gasteiger partial charge is 0.396 e. The summed E-state index contributed by atoms with van der Waals surface area (Å²) < 4.78 is 11.0. The zero-order valence-corrected chi connectivity index (χ0v) is 13.4. The van der Waals surface area contributed by atoms with Crippen molar-refractivity contribution < 1.29 is 9.32 Å². The first kappa shape index (κ1) is 16.7. The van der Waals surface area contributed by atoms with Gasteiger partial charge in [0.05, 0.1) is 15.7 Å². The van der Waals surface area contributed by atoms with Crippen molar-refractivity contribution in [2.24, 2.45) is 5.14 Å². The molecule has 1 aromatic rings. The molecule has 0 fully saturated rings. The average molecular weight is 301 g/mol. The number of nitrogens with two attached hydrogens (primary N) is 1. The molecule has 5 heteroatoms. The maximum atomic E-state index is 11.5. The van der Waals surface area contributed by atoms with Gasteiger partial charge < -0.3 is 5.11 Å². The van der Waals surface area contributed by atoms with Crippen LogP contribution in [0.2, 0.25) is 0 Å². The molecule has 0 heterocycles. The van der Waals surface area contributed by atoms with Crippen molar-refractivity contribution in [1.82, 2.24) is 0 Å². The predicted molar refractivity (Wildman–Crippen MR) is 83.7 cm³/mol. The van der Waals surface area contributed by atoms with Crippen molar-refractivity contribution in [2.75, 3.05) is 12.4 Å². The fraction of sp³-hybridized carbons (Fsp3) is 0.571. The molecule has 19 heavy (non-hydrogen) atoms. The van der Waals surface area contributed by atoms with Crippen LogP contribution in [0, 0.1) is 0 Å². The van der Waals surface area contributed by atoms with Gasteiger partial charge in [-0.2, -0.15) is 0 Å². The third kappa shape index (κ3) is 4.91. The standard InChI is InChI=1S/C14H23NO2S2/c1-4-18-13-7-5-11(6-8-13)12(10-16)9-14(2,3)19(15)17/h5-8,12,16H,4,9-10,15H2,1-3H3/t12-,19?/m0/s1. The van der Waals surface area contributed by atoms with Gasteiger partial charge in [0.15, 0.2) is 0 Å². The summed E-state index contributed by atoms with van der Waals surface area (Å²) in [7, 11) is -1.39. The molecular weight excluding hydrogens is 278 g/mol. The second kappa shape index (κ2) is 7.43. The number of aliphatic hydroxyl groups is 1. The number of hydrogen-bond acceptors (Lipinski definition) is 3. The first-order chi connectivity index (χ1) is 8.90. The molecule has 0 aliphatic carbocycles. The van der Waals surface area contributed by atoms with Gasteiger partial charge in [-0.15, -0.1) is 11.8 Å². The van der Waals surface area contributed by atoms with E-state index in [-0.39, 0.29) is 12.5 Å². The second-order valence-electron chi connectivity index (χ2n) is 5.14. The summed E-state index contributed by atoms with van der Waals surface area (Å²) in [6.45, 7) is 5.90. The normalized spacial score (nSPS) is 15.2. The van der Waals surface area contributed by atoms with E-state index in [0.717, 1.165) is 11.3 Å². The van der Waals surface area contributed by atoms with Crippen molar-refractivity contribution >= 4 is 22.7 Å². The Morgan fingerprint density at radius 1 is 1.37 bits per heavy atom. The molecule has 0 aliphatic heterocycles. The summed E-state index contributed by atoms with van der Waals surface area (Å²) in [5.41, 5.74) is 1.07. The van der Waals surface area contributed by atoms with Crippen molar-refractivity contribution in [1.29, 1.82) is 0 Å². The molecule has 0 aliphatic rings. The van der Waals surface area contributed by atoms with Gasteiger partial charge in [-0.25, -0.2) is 4.21 Å². The molecule has 108 valence electrons. The lowest BCUT2D eigenvalue weighted by atomic mass is 9.90. The van der Waals surface area contributed by atoms with E-state index in [1.54, 1.807) is 11.8 Å². The topological polar surface area (TPSA) is 63.3 Å². The Morgan fingerprint density at radius 3 is 2.37 bits per heavy atom. The number of aliphatic hydroxyl groups excluding tert-OH is 1. The van der Waals surface area contributed by atoms with E-state index in [2.05, 4.69) is 19.1 Å². The Bertz CT molecular complexity index is 418. The third-order valence-electron chi connectivity index (χ3n) is 3.17. The minimum Gasteiger partial charge on any atom is -0.396 e. The fourth-order valence-electron chi connectivity index (χ4n) is 1.97. The summed E-state index contributed by atoms with van der Waals surface area (Å²) in [6, 6.07) is 8.21.